The van der Waals surface area contributed by atoms with Crippen LogP contribution in [0.5, 0.6) is 0 Å². The lowest BCUT2D eigenvalue weighted by atomic mass is 10.1. The zero-order chi connectivity index (χ0) is 16.1. The van der Waals surface area contributed by atoms with Crippen molar-refractivity contribution < 1.29 is 13.2 Å². The maximum atomic E-state index is 12.6. The van der Waals surface area contributed by atoms with Gasteiger partial charge in [-0.3, -0.25) is 9.69 Å². The van der Waals surface area contributed by atoms with Crippen LogP contribution in [0, 0.1) is 13.8 Å². The molecule has 0 bridgehead atoms. The van der Waals surface area contributed by atoms with Crippen molar-refractivity contribution in [1.29, 1.82) is 0 Å². The fourth-order valence-corrected chi connectivity index (χ4v) is 5.12. The highest BCUT2D eigenvalue weighted by Crippen LogP contribution is 2.38. The molecule has 0 aromatic carbocycles. The first-order chi connectivity index (χ1) is 10.3. The van der Waals surface area contributed by atoms with Crippen LogP contribution in [0.25, 0.3) is 0 Å². The van der Waals surface area contributed by atoms with Gasteiger partial charge in [-0.1, -0.05) is 0 Å². The van der Waals surface area contributed by atoms with Gasteiger partial charge in [0.25, 0.3) is 0 Å². The number of sulfone groups is 1. The van der Waals surface area contributed by atoms with Gasteiger partial charge in [0.05, 0.1) is 18.1 Å². The van der Waals surface area contributed by atoms with Crippen molar-refractivity contribution in [2.75, 3.05) is 24.6 Å². The summed E-state index contributed by atoms with van der Waals surface area (Å²) >= 11 is 0. The van der Waals surface area contributed by atoms with Crippen molar-refractivity contribution in [3.05, 3.63) is 23.0 Å². The van der Waals surface area contributed by atoms with Crippen LogP contribution in [-0.2, 0) is 9.84 Å². The lowest BCUT2D eigenvalue weighted by Gasteiger charge is -2.32. The molecule has 122 valence electrons. The van der Waals surface area contributed by atoms with E-state index in [1.165, 1.54) is 12.8 Å². The van der Waals surface area contributed by atoms with Gasteiger partial charge >= 0.3 is 0 Å². The fourth-order valence-electron chi connectivity index (χ4n) is 3.49. The highest BCUT2D eigenvalue weighted by atomic mass is 32.2. The molecule has 22 heavy (non-hydrogen) atoms. The van der Waals surface area contributed by atoms with Gasteiger partial charge in [0, 0.05) is 35.6 Å². The summed E-state index contributed by atoms with van der Waals surface area (Å²) in [5.74, 6) is 0.416. The zero-order valence-electron chi connectivity index (χ0n) is 13.5. The number of Topliss-reactive ketones (excluding diaryl/α,β-unsaturated/α-hetero) is 1. The lowest BCUT2D eigenvalue weighted by Crippen LogP contribution is -2.48. The molecule has 2 aliphatic rings. The van der Waals surface area contributed by atoms with E-state index in [2.05, 4.69) is 11.5 Å². The molecule has 1 saturated heterocycles. The Morgan fingerprint density at radius 2 is 2.00 bits per heavy atom. The van der Waals surface area contributed by atoms with Crippen LogP contribution < -0.4 is 0 Å². The maximum absolute atomic E-state index is 12.6. The van der Waals surface area contributed by atoms with E-state index in [0.29, 0.717) is 19.1 Å². The third-order valence-corrected chi connectivity index (χ3v) is 6.65. The summed E-state index contributed by atoms with van der Waals surface area (Å²) in [7, 11) is -2.94. The Bertz CT molecular complexity index is 701. The van der Waals surface area contributed by atoms with E-state index in [1.54, 1.807) is 0 Å². The maximum Gasteiger partial charge on any atom is 0.178 e. The molecule has 6 heteroatoms. The van der Waals surface area contributed by atoms with Gasteiger partial charge in [0.1, 0.15) is 0 Å². The van der Waals surface area contributed by atoms with Crippen LogP contribution in [-0.4, -0.2) is 54.3 Å². The Kier molecular flexibility index (Phi) is 3.93. The molecule has 1 atom stereocenters. The predicted octanol–water partition coefficient (Wildman–Crippen LogP) is 1.74. The molecule has 0 spiro atoms. The molecular weight excluding hydrogens is 300 g/mol. The van der Waals surface area contributed by atoms with E-state index in [4.69, 9.17) is 0 Å². The first-order valence-electron chi connectivity index (χ1n) is 7.94. The van der Waals surface area contributed by atoms with Crippen molar-refractivity contribution in [3.63, 3.8) is 0 Å². The predicted molar refractivity (Wildman–Crippen MR) is 86.2 cm³/mol. The summed E-state index contributed by atoms with van der Waals surface area (Å²) in [6.07, 6.45) is 2.40. The quantitative estimate of drug-likeness (QED) is 0.792. The number of nitrogens with zero attached hydrogens (tertiary/aromatic N) is 2. The molecule has 1 aromatic rings. The number of carbonyl (C=O) groups is 1. The average Bonchev–Trinajstić information content (AvgIpc) is 3.19. The van der Waals surface area contributed by atoms with Crippen molar-refractivity contribution in [1.82, 2.24) is 9.47 Å². The third-order valence-electron chi connectivity index (χ3n) is 4.85. The molecule has 0 amide bonds. The fraction of sp³-hybridized carbons (Fsp3) is 0.688. The molecule has 2 heterocycles. The smallest absolute Gasteiger partial charge is 0.178 e. The Morgan fingerprint density at radius 3 is 2.59 bits per heavy atom. The third kappa shape index (κ3) is 2.99. The molecule has 0 N–H and O–H groups in total. The van der Waals surface area contributed by atoms with Crippen LogP contribution in [0.4, 0.5) is 0 Å². The summed E-state index contributed by atoms with van der Waals surface area (Å²) < 4.78 is 25.5. The molecule has 1 aromatic heterocycles. The molecule has 5 nitrogen and oxygen atoms in total. The van der Waals surface area contributed by atoms with Gasteiger partial charge < -0.3 is 4.57 Å². The number of hydrogen-bond donors (Lipinski definition) is 0. The SMILES string of the molecule is Cc1cc(C(=O)CN2CCS(=O)(=O)C[C@H]2C)c(C)n1C1CC1. The Balaban J connectivity index is 1.74. The molecule has 2 fully saturated rings. The summed E-state index contributed by atoms with van der Waals surface area (Å²) in [5.41, 5.74) is 3.00. The van der Waals surface area contributed by atoms with E-state index in [9.17, 15) is 13.2 Å². The van der Waals surface area contributed by atoms with E-state index < -0.39 is 9.84 Å². The van der Waals surface area contributed by atoms with Crippen molar-refractivity contribution >= 4 is 15.6 Å². The second kappa shape index (κ2) is 5.49. The van der Waals surface area contributed by atoms with Gasteiger partial charge in [-0.25, -0.2) is 8.42 Å². The van der Waals surface area contributed by atoms with Gasteiger partial charge in [-0.15, -0.1) is 0 Å². The van der Waals surface area contributed by atoms with Crippen molar-refractivity contribution in [3.8, 4) is 0 Å². The van der Waals surface area contributed by atoms with Crippen molar-refractivity contribution in [2.45, 2.75) is 45.7 Å². The second-order valence-electron chi connectivity index (χ2n) is 6.74. The van der Waals surface area contributed by atoms with Gasteiger partial charge in [0.15, 0.2) is 15.6 Å². The largest absolute Gasteiger partial charge is 0.345 e. The number of carbonyl (C=O) groups excluding carboxylic acids is 1. The Hall–Kier alpha value is -1.14. The number of hydrogen-bond acceptors (Lipinski definition) is 4. The number of rotatable bonds is 4. The number of aromatic nitrogens is 1. The van der Waals surface area contributed by atoms with Crippen molar-refractivity contribution in [2.24, 2.45) is 0 Å². The van der Waals surface area contributed by atoms with E-state index >= 15 is 0 Å². The molecule has 1 saturated carbocycles. The van der Waals surface area contributed by atoms with Crippen LogP contribution in [0.15, 0.2) is 6.07 Å². The van der Waals surface area contributed by atoms with E-state index in [0.717, 1.165) is 17.0 Å². The normalized spacial score (nSPS) is 25.3. The minimum atomic E-state index is -2.94. The summed E-state index contributed by atoms with van der Waals surface area (Å²) in [5, 5.41) is 0. The standard InChI is InChI=1S/C16H24N2O3S/c1-11-8-15(13(3)18(11)14-4-5-14)16(19)9-17-6-7-22(20,21)10-12(17)2/h8,12,14H,4-7,9-10H2,1-3H3/t12-/m1/s1. The highest BCUT2D eigenvalue weighted by molar-refractivity contribution is 7.91. The van der Waals surface area contributed by atoms with Gasteiger partial charge in [-0.2, -0.15) is 0 Å². The minimum Gasteiger partial charge on any atom is -0.345 e. The summed E-state index contributed by atoms with van der Waals surface area (Å²) in [6, 6.07) is 2.47. The zero-order valence-corrected chi connectivity index (χ0v) is 14.3. The second-order valence-corrected chi connectivity index (χ2v) is 8.97. The monoisotopic (exact) mass is 324 g/mol. The molecule has 1 aliphatic carbocycles. The average molecular weight is 324 g/mol. The van der Waals surface area contributed by atoms with Crippen LogP contribution >= 0.6 is 0 Å². The van der Waals surface area contributed by atoms with Gasteiger partial charge in [0.2, 0.25) is 0 Å². The van der Waals surface area contributed by atoms with Gasteiger partial charge in [-0.05, 0) is 39.7 Å². The number of aryl methyl sites for hydroxylation is 1. The van der Waals surface area contributed by atoms with Crippen LogP contribution in [0.1, 0.15) is 47.6 Å². The summed E-state index contributed by atoms with van der Waals surface area (Å²) in [6.45, 7) is 6.72. The molecule has 0 unspecified atom stereocenters. The highest BCUT2D eigenvalue weighted by Gasteiger charge is 2.31. The van der Waals surface area contributed by atoms with Crippen LogP contribution in [0.3, 0.4) is 0 Å². The molecular formula is C16H24N2O3S. The van der Waals surface area contributed by atoms with E-state index in [1.807, 2.05) is 24.8 Å². The van der Waals surface area contributed by atoms with E-state index in [-0.39, 0.29) is 23.3 Å². The first kappa shape index (κ1) is 15.7. The minimum absolute atomic E-state index is 0.0883. The molecule has 0 radical (unpaired) electrons. The van der Waals surface area contributed by atoms with Crippen LogP contribution in [0.2, 0.25) is 0 Å². The Morgan fingerprint density at radius 1 is 1.32 bits per heavy atom. The molecule has 1 aliphatic heterocycles. The number of ketones is 1. The summed E-state index contributed by atoms with van der Waals surface area (Å²) in [4.78, 5) is 14.6. The Labute approximate surface area is 132 Å². The molecule has 3 rings (SSSR count). The topological polar surface area (TPSA) is 59.4 Å². The first-order valence-corrected chi connectivity index (χ1v) is 9.77. The lowest BCUT2D eigenvalue weighted by molar-refractivity contribution is 0.0908.